The number of rotatable bonds is 9. The van der Waals surface area contributed by atoms with Gasteiger partial charge in [-0.1, -0.05) is 30.0 Å². The number of ether oxygens (including phenoxy) is 1. The summed E-state index contributed by atoms with van der Waals surface area (Å²) in [6, 6.07) is 11.5. The third kappa shape index (κ3) is 5.48. The Balaban J connectivity index is 1.63. The lowest BCUT2D eigenvalue weighted by Crippen LogP contribution is -2.15. The van der Waals surface area contributed by atoms with Crippen LogP contribution in [-0.2, 0) is 17.9 Å². The van der Waals surface area contributed by atoms with Crippen molar-refractivity contribution < 1.29 is 13.9 Å². The van der Waals surface area contributed by atoms with Gasteiger partial charge < -0.3 is 10.1 Å². The molecule has 0 aliphatic heterocycles. The molecule has 3 aromatic rings. The highest BCUT2D eigenvalue weighted by atomic mass is 32.2. The maximum Gasteiger partial charge on any atom is 0.234 e. The second kappa shape index (κ2) is 10.1. The summed E-state index contributed by atoms with van der Waals surface area (Å²) in [6.07, 6.45) is 1.74. The van der Waals surface area contributed by atoms with Gasteiger partial charge in [0, 0.05) is 12.2 Å². The third-order valence-corrected chi connectivity index (χ3v) is 5.44. The number of nitrogens with zero attached hydrogens (tertiary/aromatic N) is 3. The molecule has 0 atom stereocenters. The third-order valence-electron chi connectivity index (χ3n) is 4.48. The van der Waals surface area contributed by atoms with E-state index in [0.29, 0.717) is 23.2 Å². The van der Waals surface area contributed by atoms with E-state index < -0.39 is 0 Å². The van der Waals surface area contributed by atoms with Gasteiger partial charge in [-0.25, -0.2) is 4.39 Å². The molecule has 0 aliphatic rings. The minimum absolute atomic E-state index is 0.143. The van der Waals surface area contributed by atoms with Crippen LogP contribution < -0.4 is 10.1 Å². The van der Waals surface area contributed by atoms with Gasteiger partial charge in [0.2, 0.25) is 5.91 Å². The average molecular weight is 427 g/mol. The Hall–Kier alpha value is -3.13. The molecular weight excluding hydrogens is 403 g/mol. The minimum atomic E-state index is -0.351. The van der Waals surface area contributed by atoms with E-state index in [1.807, 2.05) is 36.6 Å². The van der Waals surface area contributed by atoms with Gasteiger partial charge in [-0.3, -0.25) is 9.36 Å². The molecule has 3 rings (SSSR count). The van der Waals surface area contributed by atoms with Crippen molar-refractivity contribution in [2.45, 2.75) is 32.2 Å². The van der Waals surface area contributed by atoms with Crippen molar-refractivity contribution in [1.29, 1.82) is 0 Å². The first-order valence-electron chi connectivity index (χ1n) is 9.38. The molecule has 1 amide bonds. The Morgan fingerprint density at radius 2 is 2.00 bits per heavy atom. The van der Waals surface area contributed by atoms with Crippen LogP contribution in [0.3, 0.4) is 0 Å². The van der Waals surface area contributed by atoms with E-state index >= 15 is 0 Å². The molecule has 0 aliphatic carbocycles. The smallest absolute Gasteiger partial charge is 0.234 e. The zero-order valence-electron chi connectivity index (χ0n) is 16.9. The summed E-state index contributed by atoms with van der Waals surface area (Å²) in [4.78, 5) is 12.2. The molecule has 1 heterocycles. The normalized spacial score (nSPS) is 10.6. The van der Waals surface area contributed by atoms with E-state index in [2.05, 4.69) is 22.1 Å². The number of benzene rings is 2. The van der Waals surface area contributed by atoms with E-state index in [1.165, 1.54) is 36.0 Å². The number of amides is 1. The standard InChI is InChI=1S/C22H23FN4O2S/c1-4-12-27-20(13-29-19-7-5-6-15(2)16(19)3)25-26-22(27)30-14-21(28)24-18-10-8-17(23)9-11-18/h4-11H,1,12-14H2,2-3H3,(H,24,28). The predicted octanol–water partition coefficient (Wildman–Crippen LogP) is 4.53. The number of anilines is 1. The van der Waals surface area contributed by atoms with Gasteiger partial charge in [0.05, 0.1) is 5.75 Å². The molecule has 0 saturated heterocycles. The number of thioether (sulfide) groups is 1. The summed E-state index contributed by atoms with van der Waals surface area (Å²) in [5, 5.41) is 11.7. The quantitative estimate of drug-likeness (QED) is 0.402. The molecule has 0 radical (unpaired) electrons. The Labute approximate surface area is 179 Å². The van der Waals surface area contributed by atoms with Crippen LogP contribution in [0.5, 0.6) is 5.75 Å². The lowest BCUT2D eigenvalue weighted by Gasteiger charge is -2.12. The van der Waals surface area contributed by atoms with Crippen LogP contribution >= 0.6 is 11.8 Å². The maximum atomic E-state index is 13.0. The second-order valence-corrected chi connectivity index (χ2v) is 7.57. The first kappa shape index (κ1) is 21.6. The number of hydrogen-bond donors (Lipinski definition) is 1. The summed E-state index contributed by atoms with van der Waals surface area (Å²) >= 11 is 1.27. The van der Waals surface area contributed by atoms with Crippen LogP contribution in [0.15, 0.2) is 60.3 Å². The van der Waals surface area contributed by atoms with Crippen molar-refractivity contribution in [2.24, 2.45) is 0 Å². The van der Waals surface area contributed by atoms with E-state index in [0.717, 1.165) is 16.9 Å². The summed E-state index contributed by atoms with van der Waals surface area (Å²) in [6.45, 7) is 8.59. The van der Waals surface area contributed by atoms with E-state index in [1.54, 1.807) is 6.08 Å². The summed E-state index contributed by atoms with van der Waals surface area (Å²) in [7, 11) is 0. The second-order valence-electron chi connectivity index (χ2n) is 6.63. The van der Waals surface area contributed by atoms with Gasteiger partial charge in [-0.15, -0.1) is 16.8 Å². The van der Waals surface area contributed by atoms with Crippen LogP contribution in [0.2, 0.25) is 0 Å². The van der Waals surface area contributed by atoms with Crippen LogP contribution in [0.25, 0.3) is 0 Å². The van der Waals surface area contributed by atoms with Gasteiger partial charge in [0.25, 0.3) is 0 Å². The number of aromatic nitrogens is 3. The first-order chi connectivity index (χ1) is 14.5. The molecule has 2 aromatic carbocycles. The van der Waals surface area contributed by atoms with Crippen LogP contribution in [0.4, 0.5) is 10.1 Å². The van der Waals surface area contributed by atoms with Crippen molar-refractivity contribution in [3.05, 3.63) is 77.9 Å². The highest BCUT2D eigenvalue weighted by molar-refractivity contribution is 7.99. The predicted molar refractivity (Wildman–Crippen MR) is 116 cm³/mol. The van der Waals surface area contributed by atoms with Gasteiger partial charge in [0.15, 0.2) is 11.0 Å². The van der Waals surface area contributed by atoms with Crippen molar-refractivity contribution in [3.63, 3.8) is 0 Å². The van der Waals surface area contributed by atoms with Crippen molar-refractivity contribution in [1.82, 2.24) is 14.8 Å². The summed E-state index contributed by atoms with van der Waals surface area (Å²) in [5.41, 5.74) is 2.78. The minimum Gasteiger partial charge on any atom is -0.485 e. The SMILES string of the molecule is C=CCn1c(COc2cccc(C)c2C)nnc1SCC(=O)Nc1ccc(F)cc1. The number of halogens is 1. The number of carbonyl (C=O) groups is 1. The van der Waals surface area contributed by atoms with Gasteiger partial charge in [0.1, 0.15) is 18.2 Å². The number of hydrogen-bond acceptors (Lipinski definition) is 5. The van der Waals surface area contributed by atoms with Crippen LogP contribution in [0, 0.1) is 19.7 Å². The van der Waals surface area contributed by atoms with E-state index in [4.69, 9.17) is 4.74 Å². The summed E-state index contributed by atoms with van der Waals surface area (Å²) in [5.74, 6) is 1.03. The highest BCUT2D eigenvalue weighted by Crippen LogP contribution is 2.23. The molecule has 0 spiro atoms. The maximum absolute atomic E-state index is 13.0. The number of allylic oxidation sites excluding steroid dienone is 1. The summed E-state index contributed by atoms with van der Waals surface area (Å²) < 4.78 is 20.8. The van der Waals surface area contributed by atoms with Gasteiger partial charge in [-0.2, -0.15) is 0 Å². The van der Waals surface area contributed by atoms with Crippen LogP contribution in [0.1, 0.15) is 17.0 Å². The molecule has 30 heavy (non-hydrogen) atoms. The van der Waals surface area contributed by atoms with Gasteiger partial charge >= 0.3 is 0 Å². The lowest BCUT2D eigenvalue weighted by atomic mass is 10.1. The molecular formula is C22H23FN4O2S. The highest BCUT2D eigenvalue weighted by Gasteiger charge is 2.15. The zero-order valence-corrected chi connectivity index (χ0v) is 17.7. The Morgan fingerprint density at radius 3 is 2.73 bits per heavy atom. The molecule has 8 heteroatoms. The Bertz CT molecular complexity index is 1030. The number of aryl methyl sites for hydroxylation is 1. The van der Waals surface area contributed by atoms with E-state index in [9.17, 15) is 9.18 Å². The molecule has 1 N–H and O–H groups in total. The topological polar surface area (TPSA) is 69.0 Å². The Kier molecular flexibility index (Phi) is 7.24. The fourth-order valence-corrected chi connectivity index (χ4v) is 3.49. The van der Waals surface area contributed by atoms with Crippen molar-refractivity contribution >= 4 is 23.4 Å². The molecule has 0 fully saturated rings. The number of nitrogens with one attached hydrogen (secondary N) is 1. The molecule has 0 bridgehead atoms. The molecule has 0 unspecified atom stereocenters. The molecule has 0 saturated carbocycles. The van der Waals surface area contributed by atoms with E-state index in [-0.39, 0.29) is 24.1 Å². The molecule has 156 valence electrons. The zero-order chi connectivity index (χ0) is 21.5. The molecule has 6 nitrogen and oxygen atoms in total. The monoisotopic (exact) mass is 426 g/mol. The average Bonchev–Trinajstić information content (AvgIpc) is 3.11. The molecule has 1 aromatic heterocycles. The van der Waals surface area contributed by atoms with Crippen molar-refractivity contribution in [3.8, 4) is 5.75 Å². The lowest BCUT2D eigenvalue weighted by molar-refractivity contribution is -0.113. The van der Waals surface area contributed by atoms with Gasteiger partial charge in [-0.05, 0) is 55.3 Å². The fraction of sp³-hybridized carbons (Fsp3) is 0.227. The van der Waals surface area contributed by atoms with Crippen molar-refractivity contribution in [2.75, 3.05) is 11.1 Å². The Morgan fingerprint density at radius 1 is 1.23 bits per heavy atom. The van der Waals surface area contributed by atoms with Crippen LogP contribution in [-0.4, -0.2) is 26.4 Å². The first-order valence-corrected chi connectivity index (χ1v) is 10.4. The number of carbonyl (C=O) groups excluding carboxylic acids is 1. The fourth-order valence-electron chi connectivity index (χ4n) is 2.73. The largest absolute Gasteiger partial charge is 0.485 e.